The Labute approximate surface area is 99.5 Å². The molecule has 0 radical (unpaired) electrons. The van der Waals surface area contributed by atoms with Crippen LogP contribution in [0.2, 0.25) is 0 Å². The zero-order chi connectivity index (χ0) is 12.3. The fourth-order valence-corrected chi connectivity index (χ4v) is 1.79. The van der Waals surface area contributed by atoms with Crippen LogP contribution >= 0.6 is 0 Å². The molecule has 5 heteroatoms. The van der Waals surface area contributed by atoms with Crippen LogP contribution in [0.3, 0.4) is 0 Å². The lowest BCUT2D eigenvalue weighted by Crippen LogP contribution is -2.23. The monoisotopic (exact) mass is 237 g/mol. The van der Waals surface area contributed by atoms with Gasteiger partial charge >= 0.3 is 5.97 Å². The number of nitrogens with two attached hydrogens (primary N) is 1. The van der Waals surface area contributed by atoms with Crippen molar-refractivity contribution in [2.75, 3.05) is 26.9 Å². The molecule has 0 saturated carbocycles. The van der Waals surface area contributed by atoms with E-state index < -0.39 is 5.92 Å². The molecule has 1 aromatic carbocycles. The second kappa shape index (κ2) is 5.05. The number of hydrogen-bond acceptors (Lipinski definition) is 5. The van der Waals surface area contributed by atoms with Gasteiger partial charge in [-0.2, -0.15) is 0 Å². The summed E-state index contributed by atoms with van der Waals surface area (Å²) in [5.74, 6) is 0.539. The van der Waals surface area contributed by atoms with E-state index in [-0.39, 0.29) is 12.5 Å². The van der Waals surface area contributed by atoms with E-state index >= 15 is 0 Å². The molecule has 92 valence electrons. The van der Waals surface area contributed by atoms with E-state index in [0.29, 0.717) is 24.7 Å². The first-order valence-corrected chi connectivity index (χ1v) is 5.43. The minimum Gasteiger partial charge on any atom is -0.486 e. The number of fused-ring (bicyclic) bond motifs is 1. The quantitative estimate of drug-likeness (QED) is 0.782. The largest absolute Gasteiger partial charge is 0.486 e. The van der Waals surface area contributed by atoms with E-state index in [0.717, 1.165) is 5.56 Å². The summed E-state index contributed by atoms with van der Waals surface area (Å²) >= 11 is 0. The maximum atomic E-state index is 11.5. The van der Waals surface area contributed by atoms with E-state index in [1.807, 2.05) is 6.07 Å². The normalized spacial score (nSPS) is 15.2. The number of carbonyl (C=O) groups excluding carboxylic acids is 1. The molecule has 0 bridgehead atoms. The zero-order valence-corrected chi connectivity index (χ0v) is 9.64. The molecule has 1 aliphatic heterocycles. The molecule has 0 saturated heterocycles. The molecule has 0 aromatic heterocycles. The van der Waals surface area contributed by atoms with Gasteiger partial charge < -0.3 is 19.9 Å². The molecule has 0 aliphatic carbocycles. The fraction of sp³-hybridized carbons (Fsp3) is 0.417. The first-order chi connectivity index (χ1) is 8.26. The molecule has 1 atom stereocenters. The van der Waals surface area contributed by atoms with E-state index in [1.54, 1.807) is 12.1 Å². The van der Waals surface area contributed by atoms with Gasteiger partial charge in [0.25, 0.3) is 0 Å². The Bertz CT molecular complexity index is 419. The van der Waals surface area contributed by atoms with Crippen LogP contribution in [0.4, 0.5) is 0 Å². The Balaban J connectivity index is 2.29. The summed E-state index contributed by atoms with van der Waals surface area (Å²) in [6, 6.07) is 5.38. The molecule has 1 unspecified atom stereocenters. The van der Waals surface area contributed by atoms with Gasteiger partial charge in [0.05, 0.1) is 13.0 Å². The molecule has 0 fully saturated rings. The maximum absolute atomic E-state index is 11.5. The first kappa shape index (κ1) is 11.7. The van der Waals surface area contributed by atoms with Crippen LogP contribution in [-0.2, 0) is 9.53 Å². The van der Waals surface area contributed by atoms with Gasteiger partial charge in [-0.05, 0) is 17.7 Å². The first-order valence-electron chi connectivity index (χ1n) is 5.43. The van der Waals surface area contributed by atoms with E-state index in [9.17, 15) is 4.79 Å². The molecule has 1 aromatic rings. The van der Waals surface area contributed by atoms with Gasteiger partial charge in [-0.25, -0.2) is 0 Å². The highest BCUT2D eigenvalue weighted by Crippen LogP contribution is 2.33. The van der Waals surface area contributed by atoms with Crippen molar-refractivity contribution in [2.45, 2.75) is 5.92 Å². The molecule has 2 N–H and O–H groups in total. The van der Waals surface area contributed by atoms with Crippen LogP contribution in [0.1, 0.15) is 11.5 Å². The number of carbonyl (C=O) groups is 1. The Hall–Kier alpha value is -1.75. The number of methoxy groups -OCH3 is 1. The van der Waals surface area contributed by atoms with Gasteiger partial charge in [0, 0.05) is 6.54 Å². The zero-order valence-electron chi connectivity index (χ0n) is 9.64. The fourth-order valence-electron chi connectivity index (χ4n) is 1.79. The summed E-state index contributed by atoms with van der Waals surface area (Å²) in [5.41, 5.74) is 6.37. The van der Waals surface area contributed by atoms with E-state index in [4.69, 9.17) is 19.9 Å². The van der Waals surface area contributed by atoms with Crippen molar-refractivity contribution in [1.82, 2.24) is 0 Å². The molecule has 1 heterocycles. The lowest BCUT2D eigenvalue weighted by atomic mass is 9.99. The van der Waals surface area contributed by atoms with Gasteiger partial charge in [0.1, 0.15) is 13.2 Å². The molecule has 0 spiro atoms. The molecular formula is C12H15NO4. The minimum atomic E-state index is -0.462. The highest BCUT2D eigenvalue weighted by Gasteiger charge is 2.22. The smallest absolute Gasteiger partial charge is 0.314 e. The Morgan fingerprint density at radius 3 is 2.76 bits per heavy atom. The van der Waals surface area contributed by atoms with Crippen molar-refractivity contribution < 1.29 is 19.0 Å². The molecule has 1 aliphatic rings. The van der Waals surface area contributed by atoms with Crippen molar-refractivity contribution >= 4 is 5.97 Å². The van der Waals surface area contributed by atoms with Gasteiger partial charge in [0.2, 0.25) is 0 Å². The van der Waals surface area contributed by atoms with Crippen LogP contribution in [0, 0.1) is 0 Å². The number of rotatable bonds is 3. The number of benzene rings is 1. The summed E-state index contributed by atoms with van der Waals surface area (Å²) < 4.78 is 15.6. The van der Waals surface area contributed by atoms with E-state index in [1.165, 1.54) is 7.11 Å². The topological polar surface area (TPSA) is 70.8 Å². The van der Waals surface area contributed by atoms with Crippen LogP contribution in [0.25, 0.3) is 0 Å². The van der Waals surface area contributed by atoms with Crippen molar-refractivity contribution in [3.8, 4) is 11.5 Å². The standard InChI is InChI=1S/C12H15NO4/c1-15-12(14)9(7-13)8-2-3-10-11(6-8)17-5-4-16-10/h2-3,6,9H,4-5,7,13H2,1H3. The maximum Gasteiger partial charge on any atom is 0.314 e. The predicted octanol–water partition coefficient (Wildman–Crippen LogP) is 0.673. The summed E-state index contributed by atoms with van der Waals surface area (Å²) in [5, 5.41) is 0. The highest BCUT2D eigenvalue weighted by molar-refractivity contribution is 5.78. The summed E-state index contributed by atoms with van der Waals surface area (Å²) in [4.78, 5) is 11.5. The van der Waals surface area contributed by atoms with Crippen molar-refractivity contribution in [1.29, 1.82) is 0 Å². The minimum absolute atomic E-state index is 0.201. The number of hydrogen-bond donors (Lipinski definition) is 1. The summed E-state index contributed by atoms with van der Waals surface area (Å²) in [6.45, 7) is 1.26. The van der Waals surface area contributed by atoms with Crippen LogP contribution in [0.5, 0.6) is 11.5 Å². The molecule has 17 heavy (non-hydrogen) atoms. The average molecular weight is 237 g/mol. The van der Waals surface area contributed by atoms with Gasteiger partial charge in [-0.15, -0.1) is 0 Å². The van der Waals surface area contributed by atoms with Gasteiger partial charge in [-0.3, -0.25) is 4.79 Å². The third kappa shape index (κ3) is 2.34. The van der Waals surface area contributed by atoms with Crippen LogP contribution < -0.4 is 15.2 Å². The van der Waals surface area contributed by atoms with Crippen molar-refractivity contribution in [3.05, 3.63) is 23.8 Å². The summed E-state index contributed by atoms with van der Waals surface area (Å²) in [7, 11) is 1.35. The van der Waals surface area contributed by atoms with Gasteiger partial charge in [0.15, 0.2) is 11.5 Å². The SMILES string of the molecule is COC(=O)C(CN)c1ccc2c(c1)OCCO2. The van der Waals surface area contributed by atoms with Crippen LogP contribution in [0.15, 0.2) is 18.2 Å². The lowest BCUT2D eigenvalue weighted by molar-refractivity contribution is -0.142. The van der Waals surface area contributed by atoms with Gasteiger partial charge in [-0.1, -0.05) is 6.07 Å². The Morgan fingerprint density at radius 1 is 1.41 bits per heavy atom. The van der Waals surface area contributed by atoms with Crippen molar-refractivity contribution in [3.63, 3.8) is 0 Å². The molecule has 5 nitrogen and oxygen atoms in total. The predicted molar refractivity (Wildman–Crippen MR) is 61.2 cm³/mol. The third-order valence-corrected chi connectivity index (χ3v) is 2.69. The third-order valence-electron chi connectivity index (χ3n) is 2.69. The van der Waals surface area contributed by atoms with Crippen molar-refractivity contribution in [2.24, 2.45) is 5.73 Å². The van der Waals surface area contributed by atoms with E-state index in [2.05, 4.69) is 0 Å². The molecular weight excluding hydrogens is 222 g/mol. The van der Waals surface area contributed by atoms with Crippen LogP contribution in [-0.4, -0.2) is 32.8 Å². The number of ether oxygens (including phenoxy) is 3. The average Bonchev–Trinajstić information content (AvgIpc) is 2.39. The second-order valence-corrected chi connectivity index (χ2v) is 3.71. The second-order valence-electron chi connectivity index (χ2n) is 3.71. The highest BCUT2D eigenvalue weighted by atomic mass is 16.6. The molecule has 2 rings (SSSR count). The Morgan fingerprint density at radius 2 is 2.12 bits per heavy atom. The molecule has 0 amide bonds. The lowest BCUT2D eigenvalue weighted by Gasteiger charge is -2.20. The summed E-state index contributed by atoms with van der Waals surface area (Å²) in [6.07, 6.45) is 0. The number of esters is 1. The Kier molecular flexibility index (Phi) is 3.49.